The normalized spacial score (nSPS) is 13.3. The monoisotopic (exact) mass is 372 g/mol. The molecule has 8 nitrogen and oxygen atoms in total. The number of aromatic nitrogens is 5. The second-order valence-electron chi connectivity index (χ2n) is 5.78. The molecule has 0 radical (unpaired) electrons. The van der Waals surface area contributed by atoms with Crippen LogP contribution in [0.25, 0.3) is 11.5 Å². The highest BCUT2D eigenvalue weighted by molar-refractivity contribution is 8.00. The van der Waals surface area contributed by atoms with Gasteiger partial charge in [-0.15, -0.1) is 10.2 Å². The molecule has 136 valence electrons. The fraction of sp³-hybridized carbons (Fsp3) is 0.353. The van der Waals surface area contributed by atoms with Gasteiger partial charge in [-0.2, -0.15) is 5.10 Å². The van der Waals surface area contributed by atoms with Crippen LogP contribution >= 0.6 is 11.8 Å². The van der Waals surface area contributed by atoms with Crippen molar-refractivity contribution in [2.45, 2.75) is 43.7 Å². The van der Waals surface area contributed by atoms with Crippen molar-refractivity contribution in [1.29, 1.82) is 0 Å². The highest BCUT2D eigenvalue weighted by atomic mass is 32.2. The van der Waals surface area contributed by atoms with Crippen LogP contribution in [-0.2, 0) is 4.79 Å². The number of amides is 1. The molecule has 2 atom stereocenters. The molecule has 9 heteroatoms. The van der Waals surface area contributed by atoms with Gasteiger partial charge in [0.15, 0.2) is 0 Å². The molecule has 0 aliphatic heterocycles. The summed E-state index contributed by atoms with van der Waals surface area (Å²) in [7, 11) is 0. The van der Waals surface area contributed by atoms with Crippen LogP contribution in [0.4, 0.5) is 5.82 Å². The Kier molecular flexibility index (Phi) is 5.67. The van der Waals surface area contributed by atoms with E-state index in [4.69, 9.17) is 4.42 Å². The van der Waals surface area contributed by atoms with Gasteiger partial charge in [0.1, 0.15) is 5.82 Å². The number of hydrogen-bond donors (Lipinski definition) is 1. The first-order chi connectivity index (χ1) is 12.6. The van der Waals surface area contributed by atoms with Crippen LogP contribution in [0.3, 0.4) is 0 Å². The standard InChI is InChI=1S/C17H20N6O2S/c1-4-11(2)23-14(7-9-19-23)20-15(24)12(3)26-17-22-21-16(25-17)13-6-5-8-18-10-13/h5-12H,4H2,1-3H3,(H,20,24)/t11-,12+/m0/s1. The van der Waals surface area contributed by atoms with Gasteiger partial charge in [0.2, 0.25) is 11.8 Å². The maximum absolute atomic E-state index is 12.5. The van der Waals surface area contributed by atoms with Gasteiger partial charge < -0.3 is 9.73 Å². The summed E-state index contributed by atoms with van der Waals surface area (Å²) in [5.74, 6) is 0.905. The molecule has 0 fully saturated rings. The van der Waals surface area contributed by atoms with E-state index in [2.05, 4.69) is 39.4 Å². The van der Waals surface area contributed by atoms with Crippen molar-refractivity contribution in [2.24, 2.45) is 0 Å². The van der Waals surface area contributed by atoms with Gasteiger partial charge in [0.25, 0.3) is 5.22 Å². The molecule has 26 heavy (non-hydrogen) atoms. The zero-order valence-corrected chi connectivity index (χ0v) is 15.6. The quantitative estimate of drug-likeness (QED) is 0.634. The van der Waals surface area contributed by atoms with E-state index in [0.717, 1.165) is 12.0 Å². The van der Waals surface area contributed by atoms with Crippen molar-refractivity contribution in [3.63, 3.8) is 0 Å². The van der Waals surface area contributed by atoms with Gasteiger partial charge >= 0.3 is 0 Å². The third-order valence-corrected chi connectivity index (χ3v) is 4.83. The topological polar surface area (TPSA) is 98.7 Å². The van der Waals surface area contributed by atoms with Gasteiger partial charge in [0.05, 0.1) is 23.1 Å². The molecule has 0 unspecified atom stereocenters. The third-order valence-electron chi connectivity index (χ3n) is 3.89. The fourth-order valence-electron chi connectivity index (χ4n) is 2.23. The van der Waals surface area contributed by atoms with E-state index >= 15 is 0 Å². The molecule has 3 rings (SSSR count). The Balaban J connectivity index is 1.63. The average molecular weight is 372 g/mol. The van der Waals surface area contributed by atoms with Gasteiger partial charge in [0, 0.05) is 18.5 Å². The number of thioether (sulfide) groups is 1. The zero-order valence-electron chi connectivity index (χ0n) is 14.8. The summed E-state index contributed by atoms with van der Waals surface area (Å²) in [5.41, 5.74) is 0.737. The number of hydrogen-bond acceptors (Lipinski definition) is 7. The SMILES string of the molecule is CC[C@H](C)n1nccc1NC(=O)[C@@H](C)Sc1nnc(-c2cccnc2)o1. The summed E-state index contributed by atoms with van der Waals surface area (Å²) in [6.45, 7) is 5.92. The number of nitrogens with zero attached hydrogens (tertiary/aromatic N) is 5. The smallest absolute Gasteiger partial charge is 0.277 e. The molecule has 0 saturated heterocycles. The van der Waals surface area contributed by atoms with E-state index in [1.807, 2.05) is 10.7 Å². The summed E-state index contributed by atoms with van der Waals surface area (Å²) in [5, 5.41) is 15.1. The molecule has 3 aromatic heterocycles. The minimum atomic E-state index is -0.405. The van der Waals surface area contributed by atoms with Gasteiger partial charge in [-0.1, -0.05) is 18.7 Å². The van der Waals surface area contributed by atoms with E-state index in [-0.39, 0.29) is 11.9 Å². The number of carbonyl (C=O) groups is 1. The Morgan fingerprint density at radius 1 is 1.31 bits per heavy atom. The molecule has 0 spiro atoms. The summed E-state index contributed by atoms with van der Waals surface area (Å²) in [6, 6.07) is 5.62. The van der Waals surface area contributed by atoms with E-state index in [1.54, 1.807) is 37.6 Å². The van der Waals surface area contributed by atoms with E-state index in [1.165, 1.54) is 11.8 Å². The lowest BCUT2D eigenvalue weighted by Gasteiger charge is -2.15. The van der Waals surface area contributed by atoms with Crippen LogP contribution in [0.5, 0.6) is 0 Å². The van der Waals surface area contributed by atoms with Crippen molar-refractivity contribution in [3.8, 4) is 11.5 Å². The number of rotatable bonds is 7. The van der Waals surface area contributed by atoms with Crippen molar-refractivity contribution >= 4 is 23.5 Å². The lowest BCUT2D eigenvalue weighted by Crippen LogP contribution is -2.24. The van der Waals surface area contributed by atoms with E-state index < -0.39 is 5.25 Å². The maximum atomic E-state index is 12.5. The Morgan fingerprint density at radius 3 is 2.88 bits per heavy atom. The van der Waals surface area contributed by atoms with Gasteiger partial charge in [-0.3, -0.25) is 9.78 Å². The molecule has 0 aromatic carbocycles. The third kappa shape index (κ3) is 4.10. The molecule has 0 aliphatic carbocycles. The molecule has 0 saturated carbocycles. The largest absolute Gasteiger partial charge is 0.411 e. The highest BCUT2D eigenvalue weighted by Gasteiger charge is 2.20. The average Bonchev–Trinajstić information content (AvgIpc) is 3.31. The van der Waals surface area contributed by atoms with Crippen LogP contribution in [0.15, 0.2) is 46.4 Å². The minimum absolute atomic E-state index is 0.152. The predicted molar refractivity (Wildman–Crippen MR) is 98.7 cm³/mol. The van der Waals surface area contributed by atoms with Crippen molar-refractivity contribution in [1.82, 2.24) is 25.0 Å². The second-order valence-corrected chi connectivity index (χ2v) is 7.07. The van der Waals surface area contributed by atoms with Crippen LogP contribution < -0.4 is 5.32 Å². The van der Waals surface area contributed by atoms with Gasteiger partial charge in [-0.05, 0) is 32.4 Å². The highest BCUT2D eigenvalue weighted by Crippen LogP contribution is 2.26. The zero-order chi connectivity index (χ0) is 18.5. The van der Waals surface area contributed by atoms with Crippen LogP contribution in [0.1, 0.15) is 33.2 Å². The molecule has 0 aliphatic rings. The molecular formula is C17H20N6O2S. The number of pyridine rings is 1. The molecule has 1 N–H and O–H groups in total. The van der Waals surface area contributed by atoms with Crippen LogP contribution in [0, 0.1) is 0 Å². The first-order valence-electron chi connectivity index (χ1n) is 8.33. The Labute approximate surface area is 155 Å². The lowest BCUT2D eigenvalue weighted by molar-refractivity contribution is -0.115. The maximum Gasteiger partial charge on any atom is 0.277 e. The molecule has 1 amide bonds. The van der Waals surface area contributed by atoms with Crippen LogP contribution in [-0.4, -0.2) is 36.1 Å². The van der Waals surface area contributed by atoms with Crippen molar-refractivity contribution in [3.05, 3.63) is 36.8 Å². The molecular weight excluding hydrogens is 352 g/mol. The number of nitrogens with one attached hydrogen (secondary N) is 1. The lowest BCUT2D eigenvalue weighted by atomic mass is 10.3. The first kappa shape index (κ1) is 18.1. The number of anilines is 1. The Hall–Kier alpha value is -2.68. The fourth-order valence-corrected chi connectivity index (χ4v) is 2.92. The van der Waals surface area contributed by atoms with E-state index in [9.17, 15) is 4.79 Å². The second kappa shape index (κ2) is 8.13. The summed E-state index contributed by atoms with van der Waals surface area (Å²) >= 11 is 1.21. The first-order valence-corrected chi connectivity index (χ1v) is 9.21. The number of carbonyl (C=O) groups excluding carboxylic acids is 1. The summed E-state index contributed by atoms with van der Waals surface area (Å²) in [4.78, 5) is 16.5. The molecule has 0 bridgehead atoms. The van der Waals surface area contributed by atoms with Crippen molar-refractivity contribution in [2.75, 3.05) is 5.32 Å². The molecule has 3 heterocycles. The van der Waals surface area contributed by atoms with Crippen molar-refractivity contribution < 1.29 is 9.21 Å². The minimum Gasteiger partial charge on any atom is -0.411 e. The predicted octanol–water partition coefficient (Wildman–Crippen LogP) is 3.42. The molecule has 3 aromatic rings. The van der Waals surface area contributed by atoms with E-state index in [0.29, 0.717) is 16.9 Å². The Morgan fingerprint density at radius 2 is 2.15 bits per heavy atom. The summed E-state index contributed by atoms with van der Waals surface area (Å²) < 4.78 is 7.42. The summed E-state index contributed by atoms with van der Waals surface area (Å²) in [6.07, 6.45) is 5.92. The van der Waals surface area contributed by atoms with Gasteiger partial charge in [-0.25, -0.2) is 4.68 Å². The van der Waals surface area contributed by atoms with Crippen LogP contribution in [0.2, 0.25) is 0 Å². The Bertz CT molecular complexity index is 863.